The van der Waals surface area contributed by atoms with E-state index >= 15 is 0 Å². The van der Waals surface area contributed by atoms with Crippen LogP contribution in [-0.2, 0) is 4.79 Å². The molecular formula is C15H18N4O2S. The number of hydrogen-bond donors (Lipinski definition) is 0. The van der Waals surface area contributed by atoms with Gasteiger partial charge in [0, 0.05) is 31.0 Å². The maximum absolute atomic E-state index is 12.2. The highest BCUT2D eigenvalue weighted by Gasteiger charge is 2.21. The zero-order chi connectivity index (χ0) is 15.4. The number of rotatable bonds is 4. The van der Waals surface area contributed by atoms with Crippen LogP contribution in [0.5, 0.6) is 0 Å². The fourth-order valence-corrected chi connectivity index (χ4v) is 3.18. The Kier molecular flexibility index (Phi) is 4.72. The summed E-state index contributed by atoms with van der Waals surface area (Å²) < 4.78 is 5.57. The van der Waals surface area contributed by atoms with Gasteiger partial charge in [0.25, 0.3) is 5.22 Å². The fraction of sp³-hybridized carbons (Fsp3) is 0.467. The molecule has 116 valence electrons. The van der Waals surface area contributed by atoms with E-state index in [2.05, 4.69) is 22.1 Å². The number of thioether (sulfide) groups is 1. The van der Waals surface area contributed by atoms with Crippen molar-refractivity contribution in [2.75, 3.05) is 18.8 Å². The number of nitrogens with zero attached hydrogens (tertiary/aromatic N) is 4. The van der Waals surface area contributed by atoms with Crippen LogP contribution in [0.4, 0.5) is 0 Å². The Labute approximate surface area is 133 Å². The Morgan fingerprint density at radius 1 is 1.41 bits per heavy atom. The lowest BCUT2D eigenvalue weighted by Crippen LogP contribution is -2.40. The number of aromatic nitrogens is 3. The molecule has 0 spiro atoms. The number of carbonyl (C=O) groups is 1. The molecule has 6 nitrogen and oxygen atoms in total. The topological polar surface area (TPSA) is 72.1 Å². The van der Waals surface area contributed by atoms with Gasteiger partial charge in [-0.2, -0.15) is 0 Å². The van der Waals surface area contributed by atoms with Crippen molar-refractivity contribution >= 4 is 17.7 Å². The van der Waals surface area contributed by atoms with Gasteiger partial charge in [-0.3, -0.25) is 9.78 Å². The number of hydrogen-bond acceptors (Lipinski definition) is 6. The van der Waals surface area contributed by atoms with Crippen LogP contribution >= 0.6 is 11.8 Å². The Morgan fingerprint density at radius 3 is 3.00 bits per heavy atom. The summed E-state index contributed by atoms with van der Waals surface area (Å²) in [5, 5.41) is 8.40. The minimum atomic E-state index is 0.139. The van der Waals surface area contributed by atoms with Crippen molar-refractivity contribution in [3.63, 3.8) is 0 Å². The Bertz CT molecular complexity index is 631. The van der Waals surface area contributed by atoms with E-state index in [0.717, 1.165) is 25.1 Å². The lowest BCUT2D eigenvalue weighted by atomic mass is 10.0. The third-order valence-corrected chi connectivity index (χ3v) is 4.47. The molecule has 7 heteroatoms. The number of likely N-dealkylation sites (tertiary alicyclic amines) is 1. The fourth-order valence-electron chi connectivity index (χ4n) is 2.51. The molecule has 3 rings (SSSR count). The maximum atomic E-state index is 12.2. The van der Waals surface area contributed by atoms with Crippen molar-refractivity contribution in [1.29, 1.82) is 0 Å². The van der Waals surface area contributed by atoms with Gasteiger partial charge in [-0.25, -0.2) is 0 Å². The van der Waals surface area contributed by atoms with Crippen molar-refractivity contribution in [3.8, 4) is 11.5 Å². The highest BCUT2D eigenvalue weighted by atomic mass is 32.2. The number of pyridine rings is 1. The molecule has 0 bridgehead atoms. The zero-order valence-corrected chi connectivity index (χ0v) is 13.3. The summed E-state index contributed by atoms with van der Waals surface area (Å²) in [6.07, 6.45) is 5.64. The molecule has 1 unspecified atom stereocenters. The van der Waals surface area contributed by atoms with E-state index in [1.54, 1.807) is 12.4 Å². The van der Waals surface area contributed by atoms with Gasteiger partial charge in [0.1, 0.15) is 0 Å². The first kappa shape index (κ1) is 15.0. The van der Waals surface area contributed by atoms with Crippen molar-refractivity contribution in [2.24, 2.45) is 5.92 Å². The van der Waals surface area contributed by atoms with Crippen LogP contribution in [0.2, 0.25) is 0 Å². The second-order valence-corrected chi connectivity index (χ2v) is 6.41. The summed E-state index contributed by atoms with van der Waals surface area (Å²) in [6.45, 7) is 3.90. The van der Waals surface area contributed by atoms with Crippen LogP contribution in [0.1, 0.15) is 19.8 Å². The van der Waals surface area contributed by atoms with Crippen LogP contribution in [0.25, 0.3) is 11.5 Å². The summed E-state index contributed by atoms with van der Waals surface area (Å²) in [5.74, 6) is 1.51. The van der Waals surface area contributed by atoms with Gasteiger partial charge in [0.05, 0.1) is 5.75 Å². The second-order valence-electron chi connectivity index (χ2n) is 5.48. The molecule has 1 saturated heterocycles. The third kappa shape index (κ3) is 3.65. The standard InChI is InChI=1S/C15H18N4O2S/c1-11-3-2-8-19(9-11)13(20)10-22-15-18-17-14(21-15)12-4-6-16-7-5-12/h4-7,11H,2-3,8-10H2,1H3. The first-order chi connectivity index (χ1) is 10.7. The Morgan fingerprint density at radius 2 is 2.23 bits per heavy atom. The molecule has 1 aliphatic heterocycles. The van der Waals surface area contributed by atoms with E-state index in [-0.39, 0.29) is 5.91 Å². The highest BCUT2D eigenvalue weighted by molar-refractivity contribution is 7.99. The average Bonchev–Trinajstić information content (AvgIpc) is 3.02. The van der Waals surface area contributed by atoms with E-state index in [1.807, 2.05) is 17.0 Å². The number of amides is 1. The normalized spacial score (nSPS) is 18.4. The maximum Gasteiger partial charge on any atom is 0.277 e. The van der Waals surface area contributed by atoms with Gasteiger partial charge in [-0.05, 0) is 30.9 Å². The predicted octanol–water partition coefficient (Wildman–Crippen LogP) is 2.48. The largest absolute Gasteiger partial charge is 0.411 e. The zero-order valence-electron chi connectivity index (χ0n) is 12.4. The van der Waals surface area contributed by atoms with Crippen LogP contribution in [0.15, 0.2) is 34.2 Å². The lowest BCUT2D eigenvalue weighted by Gasteiger charge is -2.30. The van der Waals surface area contributed by atoms with Crippen LogP contribution in [0, 0.1) is 5.92 Å². The summed E-state index contributed by atoms with van der Waals surface area (Å²) in [6, 6.07) is 3.62. The van der Waals surface area contributed by atoms with Crippen LogP contribution in [-0.4, -0.2) is 44.8 Å². The van der Waals surface area contributed by atoms with Gasteiger partial charge < -0.3 is 9.32 Å². The monoisotopic (exact) mass is 318 g/mol. The molecule has 0 radical (unpaired) electrons. The first-order valence-corrected chi connectivity index (χ1v) is 8.35. The molecule has 1 amide bonds. The van der Waals surface area contributed by atoms with E-state index in [0.29, 0.717) is 22.8 Å². The Hall–Kier alpha value is -1.89. The SMILES string of the molecule is CC1CCCN(C(=O)CSc2nnc(-c3ccncc3)o2)C1. The molecule has 0 N–H and O–H groups in total. The minimum absolute atomic E-state index is 0.139. The molecular weight excluding hydrogens is 300 g/mol. The van der Waals surface area contributed by atoms with Gasteiger partial charge in [0.2, 0.25) is 11.8 Å². The van der Waals surface area contributed by atoms with E-state index in [9.17, 15) is 4.79 Å². The van der Waals surface area contributed by atoms with Crippen LogP contribution < -0.4 is 0 Å². The summed E-state index contributed by atoms with van der Waals surface area (Å²) >= 11 is 1.29. The second kappa shape index (κ2) is 6.91. The Balaban J connectivity index is 1.56. The first-order valence-electron chi connectivity index (χ1n) is 7.37. The number of carbonyl (C=O) groups excluding carboxylic acids is 1. The minimum Gasteiger partial charge on any atom is -0.411 e. The molecule has 1 fully saturated rings. The quantitative estimate of drug-likeness (QED) is 0.807. The number of piperidine rings is 1. The average molecular weight is 318 g/mol. The summed E-state index contributed by atoms with van der Waals surface area (Å²) in [4.78, 5) is 18.1. The highest BCUT2D eigenvalue weighted by Crippen LogP contribution is 2.23. The molecule has 1 aliphatic rings. The molecule has 3 heterocycles. The smallest absolute Gasteiger partial charge is 0.277 e. The lowest BCUT2D eigenvalue weighted by molar-refractivity contribution is -0.130. The third-order valence-electron chi connectivity index (χ3n) is 3.66. The molecule has 0 aromatic carbocycles. The molecule has 22 heavy (non-hydrogen) atoms. The molecule has 2 aromatic heterocycles. The predicted molar refractivity (Wildman–Crippen MR) is 83.2 cm³/mol. The van der Waals surface area contributed by atoms with Crippen molar-refractivity contribution in [2.45, 2.75) is 25.0 Å². The van der Waals surface area contributed by atoms with Crippen molar-refractivity contribution in [3.05, 3.63) is 24.5 Å². The molecule has 0 saturated carbocycles. The summed E-state index contributed by atoms with van der Waals surface area (Å²) in [7, 11) is 0. The summed E-state index contributed by atoms with van der Waals surface area (Å²) in [5.41, 5.74) is 0.825. The van der Waals surface area contributed by atoms with Crippen molar-refractivity contribution < 1.29 is 9.21 Å². The van der Waals surface area contributed by atoms with E-state index < -0.39 is 0 Å². The van der Waals surface area contributed by atoms with Gasteiger partial charge in [-0.15, -0.1) is 10.2 Å². The van der Waals surface area contributed by atoms with E-state index in [1.165, 1.54) is 18.2 Å². The van der Waals surface area contributed by atoms with Gasteiger partial charge in [-0.1, -0.05) is 18.7 Å². The molecule has 2 aromatic rings. The van der Waals surface area contributed by atoms with Gasteiger partial charge in [0.15, 0.2) is 0 Å². The molecule has 1 atom stereocenters. The van der Waals surface area contributed by atoms with Crippen molar-refractivity contribution in [1.82, 2.24) is 20.1 Å². The van der Waals surface area contributed by atoms with E-state index in [4.69, 9.17) is 4.42 Å². The molecule has 0 aliphatic carbocycles. The van der Waals surface area contributed by atoms with Gasteiger partial charge >= 0.3 is 0 Å². The van der Waals surface area contributed by atoms with Crippen LogP contribution in [0.3, 0.4) is 0 Å².